The van der Waals surface area contributed by atoms with Crippen molar-refractivity contribution in [1.29, 1.82) is 0 Å². The molecule has 1 rings (SSSR count). The van der Waals surface area contributed by atoms with Gasteiger partial charge in [-0.2, -0.15) is 5.10 Å². The molecule has 0 saturated carbocycles. The van der Waals surface area contributed by atoms with Crippen LogP contribution in [0.25, 0.3) is 0 Å². The van der Waals surface area contributed by atoms with Crippen LogP contribution in [-0.2, 0) is 13.5 Å². The molecular weight excluding hydrogens is 284 g/mol. The number of hydrogen-bond acceptors (Lipinski definition) is 1. The van der Waals surface area contributed by atoms with Crippen LogP contribution < -0.4 is 0 Å². The van der Waals surface area contributed by atoms with E-state index < -0.39 is 0 Å². The molecule has 12 heavy (non-hydrogen) atoms. The van der Waals surface area contributed by atoms with E-state index in [1.807, 2.05) is 17.9 Å². The normalized spacial score (nSPS) is 13.3. The fraction of sp³-hybridized carbons (Fsp3) is 0.625. The average Bonchev–Trinajstić information content (AvgIpc) is 2.28. The van der Waals surface area contributed by atoms with Crippen molar-refractivity contribution in [2.45, 2.75) is 24.6 Å². The molecule has 0 bridgehead atoms. The molecule has 68 valence electrons. The van der Waals surface area contributed by atoms with Crippen LogP contribution in [0.2, 0.25) is 0 Å². The number of hydrogen-bond donors (Lipinski definition) is 0. The lowest BCUT2D eigenvalue weighted by molar-refractivity contribution is 0.681. The van der Waals surface area contributed by atoms with E-state index in [1.54, 1.807) is 0 Å². The molecule has 1 heterocycles. The quantitative estimate of drug-likeness (QED) is 0.784. The SMILES string of the molecule is CC(Br)CCc1c(Br)cnn1C. The second-order valence-corrected chi connectivity index (χ2v) is 5.30. The Kier molecular flexibility index (Phi) is 3.77. The summed E-state index contributed by atoms with van der Waals surface area (Å²) in [5.41, 5.74) is 1.27. The number of rotatable bonds is 3. The van der Waals surface area contributed by atoms with Gasteiger partial charge in [0, 0.05) is 11.9 Å². The minimum Gasteiger partial charge on any atom is -0.271 e. The highest BCUT2D eigenvalue weighted by Crippen LogP contribution is 2.18. The highest BCUT2D eigenvalue weighted by Gasteiger charge is 2.06. The van der Waals surface area contributed by atoms with Gasteiger partial charge in [0.05, 0.1) is 16.4 Å². The van der Waals surface area contributed by atoms with Gasteiger partial charge in [-0.3, -0.25) is 4.68 Å². The van der Waals surface area contributed by atoms with Crippen molar-refractivity contribution >= 4 is 31.9 Å². The fourth-order valence-corrected chi connectivity index (χ4v) is 1.83. The van der Waals surface area contributed by atoms with Crippen LogP contribution in [0.1, 0.15) is 19.0 Å². The largest absolute Gasteiger partial charge is 0.271 e. The summed E-state index contributed by atoms with van der Waals surface area (Å²) in [6.45, 7) is 2.16. The van der Waals surface area contributed by atoms with Gasteiger partial charge in [-0.05, 0) is 28.8 Å². The molecule has 0 aromatic carbocycles. The second-order valence-electron chi connectivity index (χ2n) is 2.88. The highest BCUT2D eigenvalue weighted by molar-refractivity contribution is 9.10. The van der Waals surface area contributed by atoms with E-state index in [2.05, 4.69) is 43.9 Å². The molecule has 0 aliphatic carbocycles. The molecule has 2 nitrogen and oxygen atoms in total. The molecule has 1 aromatic heterocycles. The zero-order chi connectivity index (χ0) is 9.14. The third-order valence-electron chi connectivity index (χ3n) is 1.79. The van der Waals surface area contributed by atoms with Gasteiger partial charge in [0.2, 0.25) is 0 Å². The predicted octanol–water partition coefficient (Wildman–Crippen LogP) is 2.90. The van der Waals surface area contributed by atoms with E-state index in [1.165, 1.54) is 5.69 Å². The smallest absolute Gasteiger partial charge is 0.0635 e. The Bertz CT molecular complexity index is 236. The van der Waals surface area contributed by atoms with E-state index in [0.29, 0.717) is 4.83 Å². The summed E-state index contributed by atoms with van der Waals surface area (Å²) in [6, 6.07) is 0. The molecule has 1 unspecified atom stereocenters. The number of halogens is 2. The van der Waals surface area contributed by atoms with Crippen LogP contribution in [0.3, 0.4) is 0 Å². The van der Waals surface area contributed by atoms with E-state index in [-0.39, 0.29) is 0 Å². The van der Waals surface area contributed by atoms with Crippen molar-refractivity contribution in [3.8, 4) is 0 Å². The summed E-state index contributed by atoms with van der Waals surface area (Å²) < 4.78 is 3.03. The number of nitrogens with zero attached hydrogens (tertiary/aromatic N) is 2. The van der Waals surface area contributed by atoms with Gasteiger partial charge >= 0.3 is 0 Å². The molecule has 0 N–H and O–H groups in total. The van der Waals surface area contributed by atoms with Crippen molar-refractivity contribution in [1.82, 2.24) is 9.78 Å². The molecular formula is C8H12Br2N2. The molecule has 0 aliphatic heterocycles. The number of alkyl halides is 1. The Hall–Kier alpha value is 0.170. The number of aryl methyl sites for hydroxylation is 1. The van der Waals surface area contributed by atoms with Gasteiger partial charge in [-0.1, -0.05) is 22.9 Å². The summed E-state index contributed by atoms with van der Waals surface area (Å²) in [4.78, 5) is 0.569. The number of aromatic nitrogens is 2. The molecule has 0 saturated heterocycles. The van der Waals surface area contributed by atoms with E-state index in [4.69, 9.17) is 0 Å². The van der Waals surface area contributed by atoms with E-state index in [0.717, 1.165) is 17.3 Å². The predicted molar refractivity (Wildman–Crippen MR) is 57.6 cm³/mol. The zero-order valence-corrected chi connectivity index (χ0v) is 10.4. The lowest BCUT2D eigenvalue weighted by atomic mass is 10.2. The van der Waals surface area contributed by atoms with Gasteiger partial charge in [0.25, 0.3) is 0 Å². The lowest BCUT2D eigenvalue weighted by Gasteiger charge is -2.04. The molecule has 0 radical (unpaired) electrons. The minimum atomic E-state index is 0.569. The first-order valence-corrected chi connectivity index (χ1v) is 5.62. The van der Waals surface area contributed by atoms with E-state index in [9.17, 15) is 0 Å². The molecule has 4 heteroatoms. The standard InChI is InChI=1S/C8H12Br2N2/c1-6(9)3-4-8-7(10)5-11-12(8)2/h5-6H,3-4H2,1-2H3. The van der Waals surface area contributed by atoms with E-state index >= 15 is 0 Å². The van der Waals surface area contributed by atoms with Crippen molar-refractivity contribution in [3.63, 3.8) is 0 Å². The van der Waals surface area contributed by atoms with Crippen molar-refractivity contribution < 1.29 is 0 Å². The second kappa shape index (κ2) is 4.42. The monoisotopic (exact) mass is 294 g/mol. The third kappa shape index (κ3) is 2.59. The van der Waals surface area contributed by atoms with Crippen molar-refractivity contribution in [2.24, 2.45) is 7.05 Å². The topological polar surface area (TPSA) is 17.8 Å². The maximum absolute atomic E-state index is 4.15. The Morgan fingerprint density at radius 3 is 2.75 bits per heavy atom. The first kappa shape index (κ1) is 10.3. The van der Waals surface area contributed by atoms with Gasteiger partial charge in [-0.15, -0.1) is 0 Å². The maximum Gasteiger partial charge on any atom is 0.0635 e. The first-order chi connectivity index (χ1) is 5.61. The fourth-order valence-electron chi connectivity index (χ4n) is 1.05. The molecule has 0 amide bonds. The molecule has 0 spiro atoms. The summed E-state index contributed by atoms with van der Waals surface area (Å²) in [5, 5.41) is 4.15. The summed E-state index contributed by atoms with van der Waals surface area (Å²) in [6.07, 6.45) is 4.04. The summed E-state index contributed by atoms with van der Waals surface area (Å²) in [5.74, 6) is 0. The zero-order valence-electron chi connectivity index (χ0n) is 7.22. The maximum atomic E-state index is 4.15. The summed E-state index contributed by atoms with van der Waals surface area (Å²) >= 11 is 6.99. The van der Waals surface area contributed by atoms with Crippen LogP contribution in [0, 0.1) is 0 Å². The van der Waals surface area contributed by atoms with Crippen LogP contribution in [-0.4, -0.2) is 14.6 Å². The Labute approximate surface area is 89.6 Å². The van der Waals surface area contributed by atoms with Crippen molar-refractivity contribution in [3.05, 3.63) is 16.4 Å². The van der Waals surface area contributed by atoms with Crippen LogP contribution in [0.5, 0.6) is 0 Å². The molecule has 1 aromatic rings. The molecule has 0 fully saturated rings. The highest BCUT2D eigenvalue weighted by atomic mass is 79.9. The Balaban J connectivity index is 2.62. The minimum absolute atomic E-state index is 0.569. The average molecular weight is 296 g/mol. The third-order valence-corrected chi connectivity index (χ3v) is 2.91. The Morgan fingerprint density at radius 2 is 2.33 bits per heavy atom. The van der Waals surface area contributed by atoms with Gasteiger partial charge in [-0.25, -0.2) is 0 Å². The van der Waals surface area contributed by atoms with Crippen LogP contribution in [0.15, 0.2) is 10.7 Å². The van der Waals surface area contributed by atoms with Gasteiger partial charge in [0.15, 0.2) is 0 Å². The van der Waals surface area contributed by atoms with Crippen molar-refractivity contribution in [2.75, 3.05) is 0 Å². The summed E-state index contributed by atoms with van der Waals surface area (Å²) in [7, 11) is 1.97. The lowest BCUT2D eigenvalue weighted by Crippen LogP contribution is -2.01. The van der Waals surface area contributed by atoms with Gasteiger partial charge < -0.3 is 0 Å². The molecule has 1 atom stereocenters. The Morgan fingerprint density at radius 1 is 1.67 bits per heavy atom. The molecule has 0 aliphatic rings. The van der Waals surface area contributed by atoms with Crippen LogP contribution >= 0.6 is 31.9 Å². The first-order valence-electron chi connectivity index (χ1n) is 3.91. The van der Waals surface area contributed by atoms with Gasteiger partial charge in [0.1, 0.15) is 0 Å². The van der Waals surface area contributed by atoms with Crippen LogP contribution in [0.4, 0.5) is 0 Å².